The monoisotopic (exact) mass is 327 g/mol. The number of carbonyl (C=O) groups is 1. The number of amides is 1. The number of rotatable bonds is 8. The fraction of sp³-hybridized carbons (Fsp3) is 0.533. The molecule has 6 nitrogen and oxygen atoms in total. The minimum atomic E-state index is -3.48. The highest BCUT2D eigenvalue weighted by molar-refractivity contribution is 7.89. The number of carbonyl (C=O) groups excluding carboxylic acids is 1. The molecule has 0 aliphatic rings. The van der Waals surface area contributed by atoms with E-state index in [0.717, 1.165) is 0 Å². The topological polar surface area (TPSA) is 69.7 Å². The molecule has 1 rings (SSSR count). The predicted molar refractivity (Wildman–Crippen MR) is 87.4 cm³/mol. The summed E-state index contributed by atoms with van der Waals surface area (Å²) in [5.41, 5.74) is 0.483. The number of benzene rings is 1. The number of nitrogens with one attached hydrogen (secondary N) is 1. The van der Waals surface area contributed by atoms with Gasteiger partial charge in [0.05, 0.1) is 4.90 Å². The Hall–Kier alpha value is -1.44. The maximum Gasteiger partial charge on any atom is 0.253 e. The van der Waals surface area contributed by atoms with Crippen molar-refractivity contribution in [3.05, 3.63) is 29.8 Å². The lowest BCUT2D eigenvalue weighted by Gasteiger charge is -2.19. The van der Waals surface area contributed by atoms with Crippen LogP contribution in [0.3, 0.4) is 0 Å². The summed E-state index contributed by atoms with van der Waals surface area (Å²) in [5, 5.41) is 2.98. The van der Waals surface area contributed by atoms with Crippen LogP contribution in [0.25, 0.3) is 0 Å². The van der Waals surface area contributed by atoms with Crippen LogP contribution in [0.5, 0.6) is 0 Å². The molecule has 7 heteroatoms. The Morgan fingerprint density at radius 3 is 2.14 bits per heavy atom. The van der Waals surface area contributed by atoms with Crippen LogP contribution in [0, 0.1) is 0 Å². The Morgan fingerprint density at radius 1 is 1.14 bits per heavy atom. The maximum absolute atomic E-state index is 12.4. The molecule has 0 atom stereocenters. The van der Waals surface area contributed by atoms with Crippen LogP contribution in [0.1, 0.15) is 24.2 Å². The third-order valence-corrected chi connectivity index (χ3v) is 5.55. The lowest BCUT2D eigenvalue weighted by Crippen LogP contribution is -2.33. The fourth-order valence-corrected chi connectivity index (χ4v) is 3.54. The highest BCUT2D eigenvalue weighted by Crippen LogP contribution is 2.16. The zero-order valence-corrected chi connectivity index (χ0v) is 14.5. The van der Waals surface area contributed by atoms with Crippen molar-refractivity contribution in [2.45, 2.75) is 18.7 Å². The summed E-state index contributed by atoms with van der Waals surface area (Å²) in [6.07, 6.45) is 0. The zero-order chi connectivity index (χ0) is 16.8. The molecular formula is C15H25N3O3S. The third kappa shape index (κ3) is 4.28. The molecule has 0 unspecified atom stereocenters. The van der Waals surface area contributed by atoms with Crippen molar-refractivity contribution in [2.24, 2.45) is 0 Å². The van der Waals surface area contributed by atoms with E-state index >= 15 is 0 Å². The van der Waals surface area contributed by atoms with Gasteiger partial charge in [0.1, 0.15) is 0 Å². The van der Waals surface area contributed by atoms with E-state index in [2.05, 4.69) is 5.32 Å². The van der Waals surface area contributed by atoms with Gasteiger partial charge in [-0.2, -0.15) is 4.31 Å². The van der Waals surface area contributed by atoms with Crippen LogP contribution in [0.2, 0.25) is 0 Å². The minimum Gasteiger partial charge on any atom is -0.340 e. The highest BCUT2D eigenvalue weighted by Gasteiger charge is 2.22. The second-order valence-corrected chi connectivity index (χ2v) is 6.88. The second kappa shape index (κ2) is 8.26. The molecule has 0 saturated heterocycles. The molecule has 0 spiro atoms. The predicted octanol–water partition coefficient (Wildman–Crippen LogP) is 1.01. The Labute approximate surface area is 133 Å². The van der Waals surface area contributed by atoms with E-state index < -0.39 is 10.0 Å². The molecule has 0 bridgehead atoms. The standard InChI is InChI=1S/C15H25N3O3S/c1-5-18(6-2)22(20,21)14-9-7-13(8-10-14)15(19)17(4)12-11-16-3/h7-10,16H,5-6,11-12H2,1-4H3. The van der Waals surface area contributed by atoms with Gasteiger partial charge < -0.3 is 10.2 Å². The van der Waals surface area contributed by atoms with Crippen molar-refractivity contribution in [2.75, 3.05) is 40.3 Å². The molecule has 1 aromatic rings. The van der Waals surface area contributed by atoms with Gasteiger partial charge in [0.15, 0.2) is 0 Å². The third-order valence-electron chi connectivity index (χ3n) is 3.49. The van der Waals surface area contributed by atoms with Crippen molar-refractivity contribution < 1.29 is 13.2 Å². The molecule has 1 N–H and O–H groups in total. The number of nitrogens with zero attached hydrogens (tertiary/aromatic N) is 2. The molecule has 22 heavy (non-hydrogen) atoms. The first-order chi connectivity index (χ1) is 10.4. The second-order valence-electron chi connectivity index (χ2n) is 4.94. The van der Waals surface area contributed by atoms with E-state index in [-0.39, 0.29) is 10.8 Å². The van der Waals surface area contributed by atoms with Gasteiger partial charge in [0.25, 0.3) is 5.91 Å². The first kappa shape index (κ1) is 18.6. The zero-order valence-electron chi connectivity index (χ0n) is 13.7. The van der Waals surface area contributed by atoms with Crippen LogP contribution in [0.4, 0.5) is 0 Å². The first-order valence-electron chi connectivity index (χ1n) is 7.38. The molecule has 1 amide bonds. The average Bonchev–Trinajstić information content (AvgIpc) is 2.52. The van der Waals surface area contributed by atoms with Gasteiger partial charge in [-0.1, -0.05) is 13.8 Å². The largest absolute Gasteiger partial charge is 0.340 e. The van der Waals surface area contributed by atoms with Gasteiger partial charge in [-0.3, -0.25) is 4.79 Å². The summed E-state index contributed by atoms with van der Waals surface area (Å²) in [7, 11) is 0.0674. The number of likely N-dealkylation sites (N-methyl/N-ethyl adjacent to an activating group) is 2. The van der Waals surface area contributed by atoms with Gasteiger partial charge >= 0.3 is 0 Å². The van der Waals surface area contributed by atoms with Crippen LogP contribution in [0.15, 0.2) is 29.2 Å². The maximum atomic E-state index is 12.4. The molecule has 0 heterocycles. The number of hydrogen-bond acceptors (Lipinski definition) is 4. The van der Waals surface area contributed by atoms with E-state index in [1.807, 2.05) is 7.05 Å². The van der Waals surface area contributed by atoms with Crippen LogP contribution >= 0.6 is 0 Å². The van der Waals surface area contributed by atoms with E-state index in [9.17, 15) is 13.2 Å². The van der Waals surface area contributed by atoms with Gasteiger partial charge in [0.2, 0.25) is 10.0 Å². The van der Waals surface area contributed by atoms with E-state index in [1.54, 1.807) is 37.9 Å². The number of sulfonamides is 1. The van der Waals surface area contributed by atoms with E-state index in [0.29, 0.717) is 31.7 Å². The van der Waals surface area contributed by atoms with Crippen molar-refractivity contribution in [3.63, 3.8) is 0 Å². The highest BCUT2D eigenvalue weighted by atomic mass is 32.2. The van der Waals surface area contributed by atoms with Crippen molar-refractivity contribution in [3.8, 4) is 0 Å². The van der Waals surface area contributed by atoms with Gasteiger partial charge in [-0.15, -0.1) is 0 Å². The summed E-state index contributed by atoms with van der Waals surface area (Å²) in [4.78, 5) is 14.0. The van der Waals surface area contributed by atoms with Crippen molar-refractivity contribution in [1.82, 2.24) is 14.5 Å². The Kier molecular flexibility index (Phi) is 6.99. The van der Waals surface area contributed by atoms with Crippen LogP contribution < -0.4 is 5.32 Å². The Morgan fingerprint density at radius 2 is 1.68 bits per heavy atom. The molecule has 124 valence electrons. The van der Waals surface area contributed by atoms with Crippen LogP contribution in [-0.4, -0.2) is 63.8 Å². The lowest BCUT2D eigenvalue weighted by molar-refractivity contribution is 0.0796. The Balaban J connectivity index is 2.93. The molecule has 0 radical (unpaired) electrons. The SMILES string of the molecule is CCN(CC)S(=O)(=O)c1ccc(C(=O)N(C)CCNC)cc1. The van der Waals surface area contributed by atoms with Gasteiger partial charge in [0, 0.05) is 38.8 Å². The lowest BCUT2D eigenvalue weighted by atomic mass is 10.2. The summed E-state index contributed by atoms with van der Waals surface area (Å²) in [6, 6.07) is 6.11. The molecule has 0 aliphatic carbocycles. The smallest absolute Gasteiger partial charge is 0.253 e. The van der Waals surface area contributed by atoms with Crippen molar-refractivity contribution in [1.29, 1.82) is 0 Å². The summed E-state index contributed by atoms with van der Waals surface area (Å²) in [5.74, 6) is -0.123. The summed E-state index contributed by atoms with van der Waals surface area (Å²) < 4.78 is 26.1. The Bertz CT molecular complexity index is 581. The van der Waals surface area contributed by atoms with Gasteiger partial charge in [-0.05, 0) is 31.3 Å². The number of hydrogen-bond donors (Lipinski definition) is 1. The van der Waals surface area contributed by atoms with E-state index in [4.69, 9.17) is 0 Å². The summed E-state index contributed by atoms with van der Waals surface area (Å²) >= 11 is 0. The molecule has 0 saturated carbocycles. The van der Waals surface area contributed by atoms with Crippen molar-refractivity contribution >= 4 is 15.9 Å². The first-order valence-corrected chi connectivity index (χ1v) is 8.82. The molecule has 1 aromatic carbocycles. The molecule has 0 aliphatic heterocycles. The van der Waals surface area contributed by atoms with Gasteiger partial charge in [-0.25, -0.2) is 8.42 Å². The van der Waals surface area contributed by atoms with E-state index in [1.165, 1.54) is 16.4 Å². The molecule has 0 aromatic heterocycles. The molecular weight excluding hydrogens is 302 g/mol. The molecule has 0 fully saturated rings. The fourth-order valence-electron chi connectivity index (χ4n) is 2.08. The normalized spacial score (nSPS) is 11.7. The summed E-state index contributed by atoms with van der Waals surface area (Å²) in [6.45, 7) is 5.75. The minimum absolute atomic E-state index is 0.123. The quantitative estimate of drug-likeness (QED) is 0.774. The van der Waals surface area contributed by atoms with Crippen LogP contribution in [-0.2, 0) is 10.0 Å². The average molecular weight is 327 g/mol.